The number of ether oxygens (including phenoxy) is 1. The molecule has 3 amide bonds. The summed E-state index contributed by atoms with van der Waals surface area (Å²) in [4.78, 5) is 25.2. The second kappa shape index (κ2) is 8.01. The lowest BCUT2D eigenvalue weighted by molar-refractivity contribution is -0.127. The standard InChI is InChI=1S/C18H21N3O3/c1-21(2)17(22)11-13-7-9-14(10-8-13)19-18(23)20-15-5-4-6-16(12-15)24-3/h4-10,12H,11H2,1-3H3,(H2,19,20,23). The number of benzene rings is 2. The molecule has 2 N–H and O–H groups in total. The highest BCUT2D eigenvalue weighted by Gasteiger charge is 2.07. The summed E-state index contributed by atoms with van der Waals surface area (Å²) in [5, 5.41) is 5.48. The molecule has 0 aliphatic carbocycles. The molecule has 0 heterocycles. The Hall–Kier alpha value is -3.02. The highest BCUT2D eigenvalue weighted by molar-refractivity contribution is 5.99. The summed E-state index contributed by atoms with van der Waals surface area (Å²) in [5.74, 6) is 0.703. The highest BCUT2D eigenvalue weighted by Crippen LogP contribution is 2.17. The average molecular weight is 327 g/mol. The Kier molecular flexibility index (Phi) is 5.78. The monoisotopic (exact) mass is 327 g/mol. The molecule has 0 saturated carbocycles. The molecule has 2 rings (SSSR count). The normalized spacial score (nSPS) is 9.96. The third kappa shape index (κ3) is 5.01. The second-order valence-corrected chi connectivity index (χ2v) is 5.47. The van der Waals surface area contributed by atoms with E-state index in [1.165, 1.54) is 0 Å². The summed E-state index contributed by atoms with van der Waals surface area (Å²) in [7, 11) is 5.02. The fraction of sp³-hybridized carbons (Fsp3) is 0.222. The Balaban J connectivity index is 1.93. The Morgan fingerprint density at radius 3 is 2.29 bits per heavy atom. The molecule has 0 atom stereocenters. The molecule has 126 valence electrons. The largest absolute Gasteiger partial charge is 0.497 e. The van der Waals surface area contributed by atoms with Gasteiger partial charge in [-0.1, -0.05) is 18.2 Å². The zero-order valence-corrected chi connectivity index (χ0v) is 14.0. The summed E-state index contributed by atoms with van der Waals surface area (Å²) in [6.45, 7) is 0. The Morgan fingerprint density at radius 1 is 1.00 bits per heavy atom. The van der Waals surface area contributed by atoms with E-state index in [0.717, 1.165) is 5.56 Å². The first-order chi connectivity index (χ1) is 11.5. The van der Waals surface area contributed by atoms with E-state index in [2.05, 4.69) is 10.6 Å². The van der Waals surface area contributed by atoms with Crippen LogP contribution in [0.4, 0.5) is 16.2 Å². The smallest absolute Gasteiger partial charge is 0.323 e. The van der Waals surface area contributed by atoms with Crippen LogP contribution in [-0.4, -0.2) is 38.0 Å². The zero-order valence-electron chi connectivity index (χ0n) is 14.0. The van der Waals surface area contributed by atoms with Crippen molar-refractivity contribution >= 4 is 23.3 Å². The molecule has 0 saturated heterocycles. The zero-order chi connectivity index (χ0) is 17.5. The van der Waals surface area contributed by atoms with Crippen LogP contribution in [0.25, 0.3) is 0 Å². The number of amides is 3. The van der Waals surface area contributed by atoms with Crippen molar-refractivity contribution in [2.75, 3.05) is 31.8 Å². The SMILES string of the molecule is COc1cccc(NC(=O)Nc2ccc(CC(=O)N(C)C)cc2)c1. The van der Waals surface area contributed by atoms with E-state index in [0.29, 0.717) is 23.5 Å². The topological polar surface area (TPSA) is 70.7 Å². The van der Waals surface area contributed by atoms with E-state index in [1.54, 1.807) is 62.5 Å². The molecular weight excluding hydrogens is 306 g/mol. The Bertz CT molecular complexity index is 712. The van der Waals surface area contributed by atoms with Gasteiger partial charge >= 0.3 is 6.03 Å². The van der Waals surface area contributed by atoms with Gasteiger partial charge in [0.2, 0.25) is 5.91 Å². The maximum atomic E-state index is 12.0. The van der Waals surface area contributed by atoms with Gasteiger partial charge in [0.15, 0.2) is 0 Å². The van der Waals surface area contributed by atoms with Gasteiger partial charge in [-0.2, -0.15) is 0 Å². The number of anilines is 2. The number of likely N-dealkylation sites (N-methyl/N-ethyl adjacent to an activating group) is 1. The van der Waals surface area contributed by atoms with Crippen molar-refractivity contribution in [1.82, 2.24) is 4.90 Å². The van der Waals surface area contributed by atoms with Crippen molar-refractivity contribution in [2.24, 2.45) is 0 Å². The van der Waals surface area contributed by atoms with Gasteiger partial charge in [0.25, 0.3) is 0 Å². The number of nitrogens with one attached hydrogen (secondary N) is 2. The third-order valence-corrected chi connectivity index (χ3v) is 3.39. The number of hydrogen-bond donors (Lipinski definition) is 2. The summed E-state index contributed by atoms with van der Waals surface area (Å²) in [6, 6.07) is 13.9. The number of carbonyl (C=O) groups is 2. The molecule has 0 radical (unpaired) electrons. The van der Waals surface area contributed by atoms with E-state index in [4.69, 9.17) is 4.74 Å². The molecule has 2 aromatic rings. The minimum Gasteiger partial charge on any atom is -0.497 e. The van der Waals surface area contributed by atoms with Gasteiger partial charge in [-0.05, 0) is 29.8 Å². The second-order valence-electron chi connectivity index (χ2n) is 5.47. The first-order valence-corrected chi connectivity index (χ1v) is 7.49. The summed E-state index contributed by atoms with van der Waals surface area (Å²) in [5.41, 5.74) is 2.18. The molecule has 24 heavy (non-hydrogen) atoms. The lowest BCUT2D eigenvalue weighted by Gasteiger charge is -2.11. The number of rotatable bonds is 5. The maximum Gasteiger partial charge on any atom is 0.323 e. The number of carbonyl (C=O) groups excluding carboxylic acids is 2. The molecule has 6 nitrogen and oxygen atoms in total. The number of nitrogens with zero attached hydrogens (tertiary/aromatic N) is 1. The third-order valence-electron chi connectivity index (χ3n) is 3.39. The van der Waals surface area contributed by atoms with Crippen molar-refractivity contribution in [3.05, 3.63) is 54.1 Å². The first kappa shape index (κ1) is 17.3. The van der Waals surface area contributed by atoms with Gasteiger partial charge in [0.1, 0.15) is 5.75 Å². The van der Waals surface area contributed by atoms with Gasteiger partial charge in [0.05, 0.1) is 13.5 Å². The fourth-order valence-corrected chi connectivity index (χ4v) is 2.03. The lowest BCUT2D eigenvalue weighted by atomic mass is 10.1. The van der Waals surface area contributed by atoms with Crippen LogP contribution < -0.4 is 15.4 Å². The lowest BCUT2D eigenvalue weighted by Crippen LogP contribution is -2.23. The van der Waals surface area contributed by atoms with Crippen LogP contribution in [0.5, 0.6) is 5.75 Å². The van der Waals surface area contributed by atoms with Crippen molar-refractivity contribution < 1.29 is 14.3 Å². The minimum atomic E-state index is -0.347. The quantitative estimate of drug-likeness (QED) is 0.887. The minimum absolute atomic E-state index is 0.0338. The summed E-state index contributed by atoms with van der Waals surface area (Å²) < 4.78 is 5.11. The van der Waals surface area contributed by atoms with Crippen LogP contribution in [0.3, 0.4) is 0 Å². The van der Waals surface area contributed by atoms with Crippen LogP contribution >= 0.6 is 0 Å². The predicted octanol–water partition coefficient (Wildman–Crippen LogP) is 2.97. The molecule has 6 heteroatoms. The first-order valence-electron chi connectivity index (χ1n) is 7.49. The van der Waals surface area contributed by atoms with Crippen molar-refractivity contribution in [2.45, 2.75) is 6.42 Å². The van der Waals surface area contributed by atoms with Gasteiger partial charge in [-0.25, -0.2) is 4.79 Å². The number of urea groups is 1. The molecule has 0 aliphatic rings. The van der Waals surface area contributed by atoms with E-state index < -0.39 is 0 Å². The average Bonchev–Trinajstić information content (AvgIpc) is 2.56. The van der Waals surface area contributed by atoms with E-state index in [-0.39, 0.29) is 11.9 Å². The molecule has 0 bridgehead atoms. The summed E-state index contributed by atoms with van der Waals surface area (Å²) >= 11 is 0. The molecule has 0 spiro atoms. The molecule has 0 aromatic heterocycles. The van der Waals surface area contributed by atoms with E-state index >= 15 is 0 Å². The molecular formula is C18H21N3O3. The Morgan fingerprint density at radius 2 is 1.67 bits per heavy atom. The number of hydrogen-bond acceptors (Lipinski definition) is 3. The molecule has 0 aliphatic heterocycles. The van der Waals surface area contributed by atoms with Crippen LogP contribution in [0, 0.1) is 0 Å². The van der Waals surface area contributed by atoms with E-state index in [1.807, 2.05) is 12.1 Å². The summed E-state index contributed by atoms with van der Waals surface area (Å²) in [6.07, 6.45) is 0.337. The fourth-order valence-electron chi connectivity index (χ4n) is 2.03. The maximum absolute atomic E-state index is 12.0. The van der Waals surface area contributed by atoms with Gasteiger partial charge in [-0.15, -0.1) is 0 Å². The predicted molar refractivity (Wildman–Crippen MR) is 94.5 cm³/mol. The van der Waals surface area contributed by atoms with Gasteiger partial charge in [-0.3, -0.25) is 4.79 Å². The van der Waals surface area contributed by atoms with Crippen molar-refractivity contribution in [3.8, 4) is 5.75 Å². The van der Waals surface area contributed by atoms with Gasteiger partial charge < -0.3 is 20.3 Å². The molecule has 0 unspecified atom stereocenters. The van der Waals surface area contributed by atoms with E-state index in [9.17, 15) is 9.59 Å². The molecule has 2 aromatic carbocycles. The van der Waals surface area contributed by atoms with Crippen LogP contribution in [-0.2, 0) is 11.2 Å². The van der Waals surface area contributed by atoms with Crippen molar-refractivity contribution in [1.29, 1.82) is 0 Å². The number of methoxy groups -OCH3 is 1. The molecule has 0 fully saturated rings. The van der Waals surface area contributed by atoms with Crippen LogP contribution in [0.1, 0.15) is 5.56 Å². The highest BCUT2D eigenvalue weighted by atomic mass is 16.5. The van der Waals surface area contributed by atoms with Crippen LogP contribution in [0.15, 0.2) is 48.5 Å². The van der Waals surface area contributed by atoms with Gasteiger partial charge in [0, 0.05) is 31.5 Å². The Labute approximate surface area is 141 Å². The van der Waals surface area contributed by atoms with Crippen LogP contribution in [0.2, 0.25) is 0 Å². The van der Waals surface area contributed by atoms with Crippen molar-refractivity contribution in [3.63, 3.8) is 0 Å².